The van der Waals surface area contributed by atoms with Gasteiger partial charge in [-0.2, -0.15) is 4.98 Å². The highest BCUT2D eigenvalue weighted by Gasteiger charge is 2.29. The normalized spacial score (nSPS) is 16.6. The van der Waals surface area contributed by atoms with E-state index in [4.69, 9.17) is 16.2 Å². The van der Waals surface area contributed by atoms with Crippen LogP contribution in [0.2, 0.25) is 0 Å². The highest BCUT2D eigenvalue weighted by atomic mass is 16.5. The lowest BCUT2D eigenvalue weighted by atomic mass is 10.0. The summed E-state index contributed by atoms with van der Waals surface area (Å²) in [5.74, 6) is 1.29. The number of benzene rings is 1. The molecule has 2 aliphatic heterocycles. The minimum Gasteiger partial charge on any atom is -0.380 e. The van der Waals surface area contributed by atoms with E-state index in [0.717, 1.165) is 50.5 Å². The van der Waals surface area contributed by atoms with Crippen LogP contribution in [0, 0.1) is 6.92 Å². The largest absolute Gasteiger partial charge is 0.380 e. The molecule has 190 valence electrons. The summed E-state index contributed by atoms with van der Waals surface area (Å²) >= 11 is 0. The lowest BCUT2D eigenvalue weighted by Gasteiger charge is -2.39. The topological polar surface area (TPSA) is 114 Å². The molecule has 4 rings (SSSR count). The van der Waals surface area contributed by atoms with Crippen molar-refractivity contribution in [2.24, 2.45) is 5.73 Å². The van der Waals surface area contributed by atoms with Crippen molar-refractivity contribution >= 4 is 23.4 Å². The minimum absolute atomic E-state index is 0.133. The molecule has 1 aromatic carbocycles. The summed E-state index contributed by atoms with van der Waals surface area (Å²) in [5.41, 5.74) is 14.7. The molecule has 0 saturated carbocycles. The van der Waals surface area contributed by atoms with E-state index in [1.54, 1.807) is 0 Å². The first-order chi connectivity index (χ1) is 17.0. The SMILES string of the molecule is Cc1cc(N2CCC(N(Cc3cccc(N4CCCC4)c3)C(=O)CCOCCN)CC2)nc(N)n1. The Hall–Kier alpha value is -2.91. The molecule has 0 atom stereocenters. The van der Waals surface area contributed by atoms with Crippen LogP contribution in [0.4, 0.5) is 17.5 Å². The second kappa shape index (κ2) is 12.2. The molecule has 2 fully saturated rings. The fourth-order valence-electron chi connectivity index (χ4n) is 5.08. The standard InChI is InChI=1S/C26H39N7O2/c1-20-17-24(30-26(28)29-20)32-13-7-22(8-14-32)33(25(34)9-15-35-16-10-27)19-21-5-4-6-23(18-21)31-11-2-3-12-31/h4-6,17-18,22H,2-3,7-16,19,27H2,1H3,(H2,28,29,30). The van der Waals surface area contributed by atoms with Crippen molar-refractivity contribution in [1.82, 2.24) is 14.9 Å². The number of rotatable bonds is 10. The van der Waals surface area contributed by atoms with Crippen LogP contribution in [0.5, 0.6) is 0 Å². The number of aryl methyl sites for hydroxylation is 1. The number of amides is 1. The quantitative estimate of drug-likeness (QED) is 0.497. The van der Waals surface area contributed by atoms with E-state index in [-0.39, 0.29) is 11.9 Å². The van der Waals surface area contributed by atoms with Crippen LogP contribution in [0.15, 0.2) is 30.3 Å². The highest BCUT2D eigenvalue weighted by molar-refractivity contribution is 5.76. The van der Waals surface area contributed by atoms with Crippen molar-refractivity contribution < 1.29 is 9.53 Å². The van der Waals surface area contributed by atoms with Crippen LogP contribution in [-0.4, -0.2) is 72.8 Å². The lowest BCUT2D eigenvalue weighted by Crippen LogP contribution is -2.47. The molecule has 0 radical (unpaired) electrons. The molecular formula is C26H39N7O2. The van der Waals surface area contributed by atoms with Crippen molar-refractivity contribution in [3.63, 3.8) is 0 Å². The molecule has 3 heterocycles. The van der Waals surface area contributed by atoms with E-state index in [9.17, 15) is 4.79 Å². The number of carbonyl (C=O) groups excluding carboxylic acids is 1. The number of ether oxygens (including phenoxy) is 1. The van der Waals surface area contributed by atoms with Gasteiger partial charge in [0.05, 0.1) is 19.6 Å². The third-order valence-electron chi connectivity index (χ3n) is 6.86. The predicted octanol–water partition coefficient (Wildman–Crippen LogP) is 2.33. The second-order valence-electron chi connectivity index (χ2n) is 9.48. The van der Waals surface area contributed by atoms with Crippen LogP contribution in [0.3, 0.4) is 0 Å². The van der Waals surface area contributed by atoms with Crippen LogP contribution < -0.4 is 21.3 Å². The Morgan fingerprint density at radius 2 is 1.86 bits per heavy atom. The summed E-state index contributed by atoms with van der Waals surface area (Å²) in [5, 5.41) is 0. The Morgan fingerprint density at radius 3 is 2.57 bits per heavy atom. The smallest absolute Gasteiger partial charge is 0.225 e. The van der Waals surface area contributed by atoms with E-state index in [2.05, 4.69) is 48.9 Å². The summed E-state index contributed by atoms with van der Waals surface area (Å²) in [6, 6.07) is 10.8. The van der Waals surface area contributed by atoms with Gasteiger partial charge in [0, 0.05) is 62.8 Å². The third-order valence-corrected chi connectivity index (χ3v) is 6.86. The van der Waals surface area contributed by atoms with Gasteiger partial charge in [-0.1, -0.05) is 12.1 Å². The van der Waals surface area contributed by atoms with Crippen molar-refractivity contribution in [3.05, 3.63) is 41.6 Å². The van der Waals surface area contributed by atoms with Crippen LogP contribution in [0.25, 0.3) is 0 Å². The Morgan fingerprint density at radius 1 is 1.09 bits per heavy atom. The maximum atomic E-state index is 13.3. The molecule has 1 aromatic heterocycles. The number of hydrogen-bond acceptors (Lipinski definition) is 8. The van der Waals surface area contributed by atoms with Gasteiger partial charge in [-0.05, 0) is 50.3 Å². The predicted molar refractivity (Wildman–Crippen MR) is 139 cm³/mol. The van der Waals surface area contributed by atoms with Gasteiger partial charge in [-0.3, -0.25) is 4.79 Å². The molecule has 4 N–H and O–H groups in total. The first-order valence-corrected chi connectivity index (χ1v) is 12.8. The summed E-state index contributed by atoms with van der Waals surface area (Å²) in [7, 11) is 0. The van der Waals surface area contributed by atoms with Gasteiger partial charge < -0.3 is 30.9 Å². The number of carbonyl (C=O) groups is 1. The summed E-state index contributed by atoms with van der Waals surface area (Å²) in [6.45, 7) is 7.74. The van der Waals surface area contributed by atoms with Crippen molar-refractivity contribution in [1.29, 1.82) is 0 Å². The maximum absolute atomic E-state index is 13.3. The van der Waals surface area contributed by atoms with Gasteiger partial charge in [0.15, 0.2) is 0 Å². The highest BCUT2D eigenvalue weighted by Crippen LogP contribution is 2.26. The fourth-order valence-corrected chi connectivity index (χ4v) is 5.08. The molecule has 2 aromatic rings. The number of piperidine rings is 1. The van der Waals surface area contributed by atoms with E-state index >= 15 is 0 Å². The van der Waals surface area contributed by atoms with Gasteiger partial charge in [0.2, 0.25) is 11.9 Å². The summed E-state index contributed by atoms with van der Waals surface area (Å²) in [6.07, 6.45) is 4.61. The van der Waals surface area contributed by atoms with Crippen LogP contribution in [0.1, 0.15) is 43.4 Å². The zero-order valence-electron chi connectivity index (χ0n) is 20.9. The van der Waals surface area contributed by atoms with E-state index in [0.29, 0.717) is 38.7 Å². The zero-order valence-corrected chi connectivity index (χ0v) is 20.9. The van der Waals surface area contributed by atoms with E-state index < -0.39 is 0 Å². The number of hydrogen-bond donors (Lipinski definition) is 2. The molecule has 0 bridgehead atoms. The van der Waals surface area contributed by atoms with Crippen molar-refractivity contribution in [2.45, 2.75) is 51.6 Å². The third kappa shape index (κ3) is 6.82. The van der Waals surface area contributed by atoms with Gasteiger partial charge in [0.25, 0.3) is 0 Å². The lowest BCUT2D eigenvalue weighted by molar-refractivity contribution is -0.135. The molecule has 9 nitrogen and oxygen atoms in total. The minimum atomic E-state index is 0.133. The Balaban J connectivity index is 1.44. The van der Waals surface area contributed by atoms with Crippen LogP contribution in [-0.2, 0) is 16.1 Å². The van der Waals surface area contributed by atoms with E-state index in [1.807, 2.05) is 13.0 Å². The van der Waals surface area contributed by atoms with Gasteiger partial charge >= 0.3 is 0 Å². The second-order valence-corrected chi connectivity index (χ2v) is 9.48. The zero-order chi connectivity index (χ0) is 24.6. The Kier molecular flexibility index (Phi) is 8.76. The number of nitrogens with two attached hydrogens (primary N) is 2. The van der Waals surface area contributed by atoms with Crippen molar-refractivity contribution in [3.8, 4) is 0 Å². The average molecular weight is 482 g/mol. The van der Waals surface area contributed by atoms with Crippen LogP contribution >= 0.6 is 0 Å². The van der Waals surface area contributed by atoms with Crippen molar-refractivity contribution in [2.75, 3.05) is 61.5 Å². The van der Waals surface area contributed by atoms with Gasteiger partial charge in [0.1, 0.15) is 5.82 Å². The number of anilines is 3. The molecular weight excluding hydrogens is 442 g/mol. The molecule has 9 heteroatoms. The van der Waals surface area contributed by atoms with Gasteiger partial charge in [-0.15, -0.1) is 0 Å². The first-order valence-electron chi connectivity index (χ1n) is 12.8. The first kappa shape index (κ1) is 25.2. The fraction of sp³-hybridized carbons (Fsp3) is 0.577. The molecule has 2 saturated heterocycles. The Labute approximate surface area is 208 Å². The molecule has 0 unspecified atom stereocenters. The van der Waals surface area contributed by atoms with E-state index in [1.165, 1.54) is 24.1 Å². The molecule has 0 spiro atoms. The van der Waals surface area contributed by atoms with Gasteiger partial charge in [-0.25, -0.2) is 4.98 Å². The monoisotopic (exact) mass is 481 g/mol. The number of nitrogen functional groups attached to an aromatic ring is 1. The average Bonchev–Trinajstić information content (AvgIpc) is 3.40. The summed E-state index contributed by atoms with van der Waals surface area (Å²) in [4.78, 5) is 28.7. The maximum Gasteiger partial charge on any atom is 0.225 e. The molecule has 0 aliphatic carbocycles. The molecule has 35 heavy (non-hydrogen) atoms. The molecule has 2 aliphatic rings. The number of nitrogens with zero attached hydrogens (tertiary/aromatic N) is 5. The number of aromatic nitrogens is 2. The molecule has 1 amide bonds. The summed E-state index contributed by atoms with van der Waals surface area (Å²) < 4.78 is 5.51. The Bertz CT molecular complexity index is 952.